The Labute approximate surface area is 174 Å². The van der Waals surface area contributed by atoms with E-state index in [1.165, 1.54) is 0 Å². The Balaban J connectivity index is 5.48. The molecule has 0 aliphatic rings. The number of nitrogens with one attached hydrogen (secondary N) is 3. The Hall–Kier alpha value is -2.73. The zero-order valence-corrected chi connectivity index (χ0v) is 17.5. The van der Waals surface area contributed by atoms with E-state index in [-0.39, 0.29) is 12.3 Å². The van der Waals surface area contributed by atoms with Gasteiger partial charge >= 0.3 is 11.9 Å². The summed E-state index contributed by atoms with van der Waals surface area (Å²) in [7, 11) is 0. The van der Waals surface area contributed by atoms with Crippen molar-refractivity contribution in [2.75, 3.05) is 6.61 Å². The number of aliphatic carboxylic acids is 2. The number of carbonyl (C=O) groups is 5. The van der Waals surface area contributed by atoms with Gasteiger partial charge in [0.2, 0.25) is 17.7 Å². The fourth-order valence-electron chi connectivity index (χ4n) is 2.49. The topological polar surface area (TPSA) is 208 Å². The van der Waals surface area contributed by atoms with Crippen molar-refractivity contribution < 1.29 is 39.3 Å². The summed E-state index contributed by atoms with van der Waals surface area (Å²) in [6.45, 7) is 6.03. The van der Waals surface area contributed by atoms with Crippen LogP contribution < -0.4 is 21.7 Å². The number of carboxylic acids is 2. The van der Waals surface area contributed by atoms with Crippen LogP contribution in [-0.2, 0) is 24.0 Å². The molecule has 0 aromatic rings. The minimum atomic E-state index is -1.56. The minimum Gasteiger partial charge on any atom is -0.481 e. The van der Waals surface area contributed by atoms with Crippen LogP contribution in [0.4, 0.5) is 0 Å². The molecule has 172 valence electrons. The number of aliphatic hydroxyl groups excluding tert-OH is 1. The first-order valence-corrected chi connectivity index (χ1v) is 9.52. The van der Waals surface area contributed by atoms with E-state index in [1.807, 2.05) is 0 Å². The Morgan fingerprint density at radius 3 is 1.73 bits per heavy atom. The van der Waals surface area contributed by atoms with E-state index in [4.69, 9.17) is 15.9 Å². The smallest absolute Gasteiger partial charge is 0.326 e. The molecule has 0 aliphatic carbocycles. The average molecular weight is 432 g/mol. The Bertz CT molecular complexity index is 638. The summed E-state index contributed by atoms with van der Waals surface area (Å²) >= 11 is 0. The minimum absolute atomic E-state index is 0.0597. The number of hydrogen-bond donors (Lipinski definition) is 7. The molecule has 8 N–H and O–H groups in total. The van der Waals surface area contributed by atoms with Crippen LogP contribution in [0.25, 0.3) is 0 Å². The summed E-state index contributed by atoms with van der Waals surface area (Å²) in [5.74, 6) is -5.84. The maximum absolute atomic E-state index is 12.7. The second-order valence-electron chi connectivity index (χ2n) is 7.71. The molecule has 4 atom stereocenters. The summed E-state index contributed by atoms with van der Waals surface area (Å²) in [6, 6.07) is -5.24. The predicted octanol–water partition coefficient (Wildman–Crippen LogP) is -1.98. The van der Waals surface area contributed by atoms with E-state index in [2.05, 4.69) is 16.0 Å². The molecule has 0 spiro atoms. The van der Waals surface area contributed by atoms with Crippen molar-refractivity contribution in [3.05, 3.63) is 0 Å². The molecule has 0 saturated heterocycles. The summed E-state index contributed by atoms with van der Waals surface area (Å²) in [5, 5.41) is 34.1. The van der Waals surface area contributed by atoms with Gasteiger partial charge in [-0.25, -0.2) is 4.79 Å². The second-order valence-corrected chi connectivity index (χ2v) is 7.71. The number of rotatable bonds is 13. The summed E-state index contributed by atoms with van der Waals surface area (Å²) in [5.41, 5.74) is 5.43. The molecule has 3 amide bonds. The van der Waals surface area contributed by atoms with Crippen LogP contribution in [0.15, 0.2) is 0 Å². The van der Waals surface area contributed by atoms with Gasteiger partial charge in [0, 0.05) is 0 Å². The third-order valence-corrected chi connectivity index (χ3v) is 4.12. The normalized spacial score (nSPS) is 15.1. The van der Waals surface area contributed by atoms with Gasteiger partial charge in [0.1, 0.15) is 24.2 Å². The van der Waals surface area contributed by atoms with Gasteiger partial charge in [-0.2, -0.15) is 0 Å². The molecule has 12 nitrogen and oxygen atoms in total. The largest absolute Gasteiger partial charge is 0.481 e. The van der Waals surface area contributed by atoms with Crippen molar-refractivity contribution in [3.8, 4) is 0 Å². The Morgan fingerprint density at radius 1 is 0.833 bits per heavy atom. The molecule has 4 unspecified atom stereocenters. The van der Waals surface area contributed by atoms with E-state index in [9.17, 15) is 29.1 Å². The lowest BCUT2D eigenvalue weighted by molar-refractivity contribution is -0.144. The number of aliphatic hydroxyl groups is 1. The van der Waals surface area contributed by atoms with Crippen molar-refractivity contribution in [3.63, 3.8) is 0 Å². The van der Waals surface area contributed by atoms with Crippen LogP contribution in [0.3, 0.4) is 0 Å². The fourth-order valence-corrected chi connectivity index (χ4v) is 2.49. The van der Waals surface area contributed by atoms with Crippen LogP contribution in [0.5, 0.6) is 0 Å². The molecule has 30 heavy (non-hydrogen) atoms. The highest BCUT2D eigenvalue weighted by Gasteiger charge is 2.32. The molecule has 0 heterocycles. The maximum atomic E-state index is 12.7. The maximum Gasteiger partial charge on any atom is 0.326 e. The standard InChI is InChI=1S/C18H32N4O8/c1-8(2)5-11(20-15(26)10(19)7-23)16(27)21-12(6-13(24)25)17(28)22-14(9(3)4)18(29)30/h8-12,14,23H,5-7,19H2,1-4H3,(H,20,26)(H,21,27)(H,22,28)(H,24,25)(H,29,30). The van der Waals surface area contributed by atoms with Crippen molar-refractivity contribution in [1.29, 1.82) is 0 Å². The molecule has 0 saturated carbocycles. The molecule has 0 aliphatic heterocycles. The average Bonchev–Trinajstić information content (AvgIpc) is 2.62. The van der Waals surface area contributed by atoms with Gasteiger partial charge in [-0.15, -0.1) is 0 Å². The molecular formula is C18H32N4O8. The molecule has 0 aromatic heterocycles. The van der Waals surface area contributed by atoms with E-state index in [0.717, 1.165) is 0 Å². The predicted molar refractivity (Wildman–Crippen MR) is 105 cm³/mol. The highest BCUT2D eigenvalue weighted by atomic mass is 16.4. The number of amides is 3. The van der Waals surface area contributed by atoms with Crippen molar-refractivity contribution in [2.24, 2.45) is 17.6 Å². The van der Waals surface area contributed by atoms with Crippen molar-refractivity contribution >= 4 is 29.7 Å². The summed E-state index contributed by atoms with van der Waals surface area (Å²) in [6.07, 6.45) is -0.638. The molecule has 0 bridgehead atoms. The third kappa shape index (κ3) is 9.65. The lowest BCUT2D eigenvalue weighted by Gasteiger charge is -2.26. The van der Waals surface area contributed by atoms with Crippen LogP contribution in [-0.4, -0.2) is 75.8 Å². The Kier molecular flexibility index (Phi) is 11.6. The van der Waals surface area contributed by atoms with Crippen LogP contribution in [0.2, 0.25) is 0 Å². The van der Waals surface area contributed by atoms with Gasteiger partial charge in [0.05, 0.1) is 13.0 Å². The van der Waals surface area contributed by atoms with Gasteiger partial charge in [-0.1, -0.05) is 27.7 Å². The van der Waals surface area contributed by atoms with Gasteiger partial charge in [-0.3, -0.25) is 19.2 Å². The van der Waals surface area contributed by atoms with E-state index in [1.54, 1.807) is 27.7 Å². The quantitative estimate of drug-likeness (QED) is 0.172. The molecule has 0 rings (SSSR count). The summed E-state index contributed by atoms with van der Waals surface area (Å²) < 4.78 is 0. The summed E-state index contributed by atoms with van der Waals surface area (Å²) in [4.78, 5) is 59.5. The molecular weight excluding hydrogens is 400 g/mol. The monoisotopic (exact) mass is 432 g/mol. The van der Waals surface area contributed by atoms with Gasteiger partial charge < -0.3 is 37.0 Å². The molecule has 0 fully saturated rings. The van der Waals surface area contributed by atoms with E-state index >= 15 is 0 Å². The zero-order chi connectivity index (χ0) is 23.6. The Morgan fingerprint density at radius 2 is 1.33 bits per heavy atom. The third-order valence-electron chi connectivity index (χ3n) is 4.12. The lowest BCUT2D eigenvalue weighted by atomic mass is 10.0. The number of carboxylic acid groups (broad SMARTS) is 2. The first-order valence-electron chi connectivity index (χ1n) is 9.52. The van der Waals surface area contributed by atoms with Gasteiger partial charge in [-0.05, 0) is 18.3 Å². The highest BCUT2D eigenvalue weighted by molar-refractivity contribution is 5.95. The fraction of sp³-hybridized carbons (Fsp3) is 0.722. The van der Waals surface area contributed by atoms with Crippen LogP contribution in [0, 0.1) is 11.8 Å². The molecule has 12 heteroatoms. The zero-order valence-electron chi connectivity index (χ0n) is 17.5. The van der Waals surface area contributed by atoms with E-state index < -0.39 is 72.8 Å². The van der Waals surface area contributed by atoms with E-state index in [0.29, 0.717) is 0 Å². The number of nitrogens with two attached hydrogens (primary N) is 1. The first-order chi connectivity index (χ1) is 13.8. The number of carbonyl (C=O) groups excluding carboxylic acids is 3. The first kappa shape index (κ1) is 27.3. The van der Waals surface area contributed by atoms with Gasteiger partial charge in [0.25, 0.3) is 0 Å². The SMILES string of the molecule is CC(C)CC(NC(=O)C(N)CO)C(=O)NC(CC(=O)O)C(=O)NC(C(=O)O)C(C)C. The molecule has 0 radical (unpaired) electrons. The highest BCUT2D eigenvalue weighted by Crippen LogP contribution is 2.08. The van der Waals surface area contributed by atoms with Gasteiger partial charge in [0.15, 0.2) is 0 Å². The van der Waals surface area contributed by atoms with Crippen molar-refractivity contribution in [1.82, 2.24) is 16.0 Å². The molecule has 0 aromatic carbocycles. The lowest BCUT2D eigenvalue weighted by Crippen LogP contribution is -2.58. The second kappa shape index (κ2) is 12.8. The number of hydrogen-bond acceptors (Lipinski definition) is 7. The van der Waals surface area contributed by atoms with Crippen LogP contribution >= 0.6 is 0 Å². The van der Waals surface area contributed by atoms with Crippen LogP contribution in [0.1, 0.15) is 40.5 Å². The van der Waals surface area contributed by atoms with Crippen molar-refractivity contribution in [2.45, 2.75) is 64.7 Å².